The molecule has 0 bridgehead atoms. The molecular formula is C77H135NO18. The van der Waals surface area contributed by atoms with Crippen molar-refractivity contribution < 1.29 is 89.4 Å². The largest absolute Gasteiger partial charge is 0.394 e. The normalized spacial score (nSPS) is 27.5. The van der Waals surface area contributed by atoms with Gasteiger partial charge in [0.15, 0.2) is 18.9 Å². The number of allylic oxidation sites excluding steroid dienone is 13. The van der Waals surface area contributed by atoms with Crippen molar-refractivity contribution in [3.63, 3.8) is 0 Å². The van der Waals surface area contributed by atoms with Crippen LogP contribution in [0.15, 0.2) is 85.1 Å². The van der Waals surface area contributed by atoms with Gasteiger partial charge in [0, 0.05) is 6.42 Å². The summed E-state index contributed by atoms with van der Waals surface area (Å²) in [6.45, 7) is 1.61. The fourth-order valence-electron chi connectivity index (χ4n) is 12.4. The lowest BCUT2D eigenvalue weighted by molar-refractivity contribution is -0.379. The second kappa shape index (κ2) is 57.6. The van der Waals surface area contributed by atoms with Gasteiger partial charge in [-0.1, -0.05) is 266 Å². The van der Waals surface area contributed by atoms with Crippen molar-refractivity contribution in [1.29, 1.82) is 0 Å². The minimum Gasteiger partial charge on any atom is -0.394 e. The molecule has 556 valence electrons. The van der Waals surface area contributed by atoms with Crippen molar-refractivity contribution in [3.8, 4) is 0 Å². The van der Waals surface area contributed by atoms with Crippen LogP contribution in [-0.2, 0) is 33.2 Å². The number of nitrogens with one attached hydrogen (secondary N) is 1. The number of amides is 1. The molecule has 0 spiro atoms. The molecule has 0 aromatic rings. The Bertz CT molecular complexity index is 2070. The Hall–Kier alpha value is -3.03. The highest BCUT2D eigenvalue weighted by Crippen LogP contribution is 2.33. The minimum atomic E-state index is -1.98. The second-order valence-corrected chi connectivity index (χ2v) is 26.7. The van der Waals surface area contributed by atoms with Crippen molar-refractivity contribution in [2.75, 3.05) is 26.4 Å². The van der Waals surface area contributed by atoms with E-state index in [0.29, 0.717) is 12.8 Å². The SMILES string of the molecule is CC/C=C\C/C=C\C/C=C\C/C=C\C/C=C\CCCCCCCCCCCCCCCCCCCC(=O)NC(COC1OC(CO)C(OC2OC(CO)C(OC3OC(CO)C(O)C(O)C3O)C(O)C2O)C(O)C1O)C(O)/C=C/CC/C=C/CCCCCCCCCCCCCC. The smallest absolute Gasteiger partial charge is 0.220 e. The molecule has 12 N–H and O–H groups in total. The maximum atomic E-state index is 13.4. The Morgan fingerprint density at radius 2 is 0.729 bits per heavy atom. The molecule has 3 fully saturated rings. The Morgan fingerprint density at radius 3 is 1.17 bits per heavy atom. The first-order chi connectivity index (χ1) is 46.8. The zero-order valence-electron chi connectivity index (χ0n) is 59.1. The van der Waals surface area contributed by atoms with Gasteiger partial charge in [0.05, 0.1) is 38.6 Å². The summed E-state index contributed by atoms with van der Waals surface area (Å²) in [7, 11) is 0. The third-order valence-electron chi connectivity index (χ3n) is 18.4. The van der Waals surface area contributed by atoms with Crippen LogP contribution in [-0.4, -0.2) is 193 Å². The second-order valence-electron chi connectivity index (χ2n) is 26.7. The first kappa shape index (κ1) is 87.2. The van der Waals surface area contributed by atoms with Gasteiger partial charge in [-0.2, -0.15) is 0 Å². The molecule has 3 heterocycles. The summed E-state index contributed by atoms with van der Waals surface area (Å²) in [4.78, 5) is 13.4. The monoisotopic (exact) mass is 1360 g/mol. The molecule has 0 aromatic heterocycles. The number of ether oxygens (including phenoxy) is 6. The van der Waals surface area contributed by atoms with E-state index in [0.717, 1.165) is 70.6 Å². The number of carbonyl (C=O) groups is 1. The van der Waals surface area contributed by atoms with Crippen molar-refractivity contribution in [2.45, 2.75) is 369 Å². The van der Waals surface area contributed by atoms with Crippen LogP contribution in [0.3, 0.4) is 0 Å². The number of aliphatic hydroxyl groups excluding tert-OH is 11. The number of hydrogen-bond acceptors (Lipinski definition) is 18. The van der Waals surface area contributed by atoms with Crippen LogP contribution in [0.5, 0.6) is 0 Å². The van der Waals surface area contributed by atoms with Crippen LogP contribution in [0, 0.1) is 0 Å². The van der Waals surface area contributed by atoms with Gasteiger partial charge in [0.1, 0.15) is 73.2 Å². The van der Waals surface area contributed by atoms with Crippen LogP contribution in [0.2, 0.25) is 0 Å². The Balaban J connectivity index is 1.37. The standard InChI is InChI=1S/C77H135NO18/c1-3-5-7-9-11-13-15-17-19-21-23-24-25-26-27-28-29-30-31-32-33-34-35-36-37-39-41-43-45-47-49-51-53-55-65(83)78-60(61(82)54-52-50-48-46-44-42-40-38-22-20-18-16-14-12-10-8-6-4-2)59-91-75-71(89)68(86)73(63(57-80)93-75)96-77-72(90)69(87)74(64(58-81)94-77)95-76-70(88)67(85)66(84)62(56-79)92-76/h5,7,11,13,17,19,23-24,26-27,44,46,52,54,60-64,66-77,79-82,84-90H,3-4,6,8-10,12,14-16,18,20-22,25,28-43,45,47-51,53,55-59H2,1-2H3,(H,78,83)/b7-5-,13-11-,19-17-,24-23-,27-26-,46-44+,54-52+. The van der Waals surface area contributed by atoms with Crippen molar-refractivity contribution in [1.82, 2.24) is 5.32 Å². The highest BCUT2D eigenvalue weighted by atomic mass is 16.8. The first-order valence-corrected chi connectivity index (χ1v) is 37.8. The van der Waals surface area contributed by atoms with E-state index in [4.69, 9.17) is 28.4 Å². The van der Waals surface area contributed by atoms with Gasteiger partial charge >= 0.3 is 0 Å². The topological polar surface area (TPSA) is 307 Å². The van der Waals surface area contributed by atoms with Gasteiger partial charge in [0.2, 0.25) is 5.91 Å². The molecule has 1 amide bonds. The quantitative estimate of drug-likeness (QED) is 0.0199. The third-order valence-corrected chi connectivity index (χ3v) is 18.4. The van der Waals surface area contributed by atoms with Crippen LogP contribution < -0.4 is 5.32 Å². The van der Waals surface area contributed by atoms with E-state index in [9.17, 15) is 61.0 Å². The van der Waals surface area contributed by atoms with Crippen LogP contribution in [0.1, 0.15) is 264 Å². The molecule has 0 aromatic carbocycles. The molecule has 17 atom stereocenters. The van der Waals surface area contributed by atoms with E-state index < -0.39 is 124 Å². The molecule has 0 saturated carbocycles. The number of rotatable bonds is 58. The summed E-state index contributed by atoms with van der Waals surface area (Å²) < 4.78 is 34.4. The lowest BCUT2D eigenvalue weighted by atomic mass is 9.96. The predicted molar refractivity (Wildman–Crippen MR) is 378 cm³/mol. The van der Waals surface area contributed by atoms with Gasteiger partial charge in [-0.3, -0.25) is 4.79 Å². The average Bonchev–Trinajstić information content (AvgIpc) is 0.787. The molecule has 17 unspecified atom stereocenters. The zero-order chi connectivity index (χ0) is 69.6. The summed E-state index contributed by atoms with van der Waals surface area (Å²) in [5.41, 5.74) is 0. The minimum absolute atomic E-state index is 0.233. The number of aliphatic hydroxyl groups is 11. The average molecular weight is 1360 g/mol. The maximum absolute atomic E-state index is 13.4. The number of carbonyl (C=O) groups excluding carboxylic acids is 1. The maximum Gasteiger partial charge on any atom is 0.220 e. The van der Waals surface area contributed by atoms with Crippen LogP contribution >= 0.6 is 0 Å². The molecule has 19 heteroatoms. The highest BCUT2D eigenvalue weighted by molar-refractivity contribution is 5.76. The summed E-state index contributed by atoms with van der Waals surface area (Å²) >= 11 is 0. The van der Waals surface area contributed by atoms with E-state index in [-0.39, 0.29) is 18.9 Å². The first-order valence-electron chi connectivity index (χ1n) is 37.8. The number of hydrogen-bond donors (Lipinski definition) is 12. The molecular weight excluding hydrogens is 1230 g/mol. The van der Waals surface area contributed by atoms with Crippen molar-refractivity contribution in [2.24, 2.45) is 0 Å². The van der Waals surface area contributed by atoms with Gasteiger partial charge in [0.25, 0.3) is 0 Å². The van der Waals surface area contributed by atoms with Gasteiger partial charge in [-0.05, 0) is 77.0 Å². The summed E-state index contributed by atoms with van der Waals surface area (Å²) in [5.74, 6) is -0.285. The fourth-order valence-corrected chi connectivity index (χ4v) is 12.4. The number of unbranched alkanes of at least 4 members (excludes halogenated alkanes) is 30. The summed E-state index contributed by atoms with van der Waals surface area (Å²) in [6, 6.07) is -0.994. The van der Waals surface area contributed by atoms with Crippen molar-refractivity contribution >= 4 is 5.91 Å². The van der Waals surface area contributed by atoms with Gasteiger partial charge < -0.3 is 89.9 Å². The molecule has 0 aliphatic carbocycles. The van der Waals surface area contributed by atoms with E-state index >= 15 is 0 Å². The summed E-state index contributed by atoms with van der Waals surface area (Å²) in [6.07, 6.45) is 48.5. The molecule has 3 aliphatic heterocycles. The summed E-state index contributed by atoms with van der Waals surface area (Å²) in [5, 5.41) is 121. The van der Waals surface area contributed by atoms with Crippen LogP contribution in [0.25, 0.3) is 0 Å². The Morgan fingerprint density at radius 1 is 0.385 bits per heavy atom. The van der Waals surface area contributed by atoms with E-state index in [2.05, 4.69) is 92.1 Å². The fraction of sp³-hybridized carbons (Fsp3) is 0.805. The molecule has 96 heavy (non-hydrogen) atoms. The van der Waals surface area contributed by atoms with E-state index in [1.807, 2.05) is 6.08 Å². The molecule has 3 rings (SSSR count). The van der Waals surface area contributed by atoms with Gasteiger partial charge in [-0.15, -0.1) is 0 Å². The Kier molecular flexibility index (Phi) is 52.3. The van der Waals surface area contributed by atoms with Crippen molar-refractivity contribution in [3.05, 3.63) is 85.1 Å². The molecule has 19 nitrogen and oxygen atoms in total. The predicted octanol–water partition coefficient (Wildman–Crippen LogP) is 11.4. The third kappa shape index (κ3) is 38.1. The van der Waals surface area contributed by atoms with Crippen LogP contribution in [0.4, 0.5) is 0 Å². The van der Waals surface area contributed by atoms with E-state index in [1.54, 1.807) is 6.08 Å². The molecule has 3 saturated heterocycles. The highest BCUT2D eigenvalue weighted by Gasteiger charge is 2.53. The lowest BCUT2D eigenvalue weighted by Crippen LogP contribution is -2.66. The Labute approximate surface area is 578 Å². The van der Waals surface area contributed by atoms with Gasteiger partial charge in [-0.25, -0.2) is 0 Å². The zero-order valence-corrected chi connectivity index (χ0v) is 59.1. The molecule has 3 aliphatic rings. The van der Waals surface area contributed by atoms with E-state index in [1.165, 1.54) is 161 Å². The lowest BCUT2D eigenvalue weighted by Gasteiger charge is -2.48. The molecule has 0 radical (unpaired) electrons.